The smallest absolute Gasteiger partial charge is 0.260 e. The highest BCUT2D eigenvalue weighted by atomic mass is 16.5. The van der Waals surface area contributed by atoms with Crippen LogP contribution < -0.4 is 14.8 Å². The number of methoxy groups -OCH3 is 2. The maximum absolute atomic E-state index is 12.3. The second kappa shape index (κ2) is 10.9. The Bertz CT molecular complexity index is 1130. The summed E-state index contributed by atoms with van der Waals surface area (Å²) in [6.07, 6.45) is 7.52. The Hall–Kier alpha value is -3.49. The lowest BCUT2D eigenvalue weighted by Crippen LogP contribution is -2.32. The molecule has 1 aliphatic heterocycles. The molecule has 33 heavy (non-hydrogen) atoms. The van der Waals surface area contributed by atoms with Gasteiger partial charge in [-0.1, -0.05) is 47.9 Å². The second-order valence-electron chi connectivity index (χ2n) is 8.38. The van der Waals surface area contributed by atoms with Crippen molar-refractivity contribution in [3.63, 3.8) is 0 Å². The Morgan fingerprint density at radius 2 is 1.88 bits per heavy atom. The van der Waals surface area contributed by atoms with E-state index >= 15 is 0 Å². The zero-order valence-corrected chi connectivity index (χ0v) is 19.3. The largest absolute Gasteiger partial charge is 0.493 e. The number of hydrogen-bond donors (Lipinski definition) is 1. The molecular weight excluding hydrogens is 412 g/mol. The van der Waals surface area contributed by atoms with E-state index < -0.39 is 0 Å². The van der Waals surface area contributed by atoms with E-state index in [0.717, 1.165) is 49.5 Å². The van der Waals surface area contributed by atoms with Gasteiger partial charge in [0.2, 0.25) is 0 Å². The summed E-state index contributed by atoms with van der Waals surface area (Å²) in [7, 11) is 3.33. The first-order valence-electron chi connectivity index (χ1n) is 11.3. The summed E-state index contributed by atoms with van der Waals surface area (Å²) >= 11 is 0. The fourth-order valence-corrected chi connectivity index (χ4v) is 4.38. The molecule has 0 bridgehead atoms. The van der Waals surface area contributed by atoms with Crippen LogP contribution in [0.2, 0.25) is 0 Å². The number of hydrogen-bond acceptors (Lipinski definition) is 4. The van der Waals surface area contributed by atoms with E-state index in [1.165, 1.54) is 11.1 Å². The van der Waals surface area contributed by atoms with Crippen LogP contribution in [0.5, 0.6) is 11.5 Å². The standard InChI is InChI=1S/C28H30N2O3/c1-32-26-12-11-22(18-27(26)33-2)20-30-15-13-23(14-16-30)25-10-6-7-21(17-25)19-29-28(31)24-8-4-3-5-9-24/h3-4,6-8,10-12,17-18,23H,13-16,19-20H2,1-2H3,(H,29,31). The van der Waals surface area contributed by atoms with E-state index in [1.807, 2.05) is 6.07 Å². The quantitative estimate of drug-likeness (QED) is 0.612. The van der Waals surface area contributed by atoms with Crippen LogP contribution in [0.4, 0.5) is 0 Å². The molecule has 2 aromatic rings. The molecule has 1 N–H and O–H groups in total. The highest BCUT2D eigenvalue weighted by Crippen LogP contribution is 2.31. The fourth-order valence-electron chi connectivity index (χ4n) is 4.38. The molecule has 1 heterocycles. The average Bonchev–Trinajstić information content (AvgIpc) is 2.88. The fraction of sp³-hybridized carbons (Fsp3) is 0.321. The van der Waals surface area contributed by atoms with E-state index in [0.29, 0.717) is 18.0 Å². The first kappa shape index (κ1) is 22.7. The number of piperidine rings is 1. The van der Waals surface area contributed by atoms with Gasteiger partial charge >= 0.3 is 0 Å². The summed E-state index contributed by atoms with van der Waals surface area (Å²) in [4.78, 5) is 14.8. The molecule has 5 nitrogen and oxygen atoms in total. The SMILES string of the molecule is COc1ccc(CN2CCC(c3cccc(CNC(=O)C4=C=C=CC=C4)c3)CC2)cc1OC. The summed E-state index contributed by atoms with van der Waals surface area (Å²) in [6, 6.07) is 14.7. The molecule has 0 radical (unpaired) electrons. The monoisotopic (exact) mass is 442 g/mol. The molecular formula is C28H30N2O3. The predicted molar refractivity (Wildman–Crippen MR) is 129 cm³/mol. The maximum atomic E-state index is 12.3. The Balaban J connectivity index is 1.31. The molecule has 5 heteroatoms. The predicted octanol–water partition coefficient (Wildman–Crippen LogP) is 4.51. The van der Waals surface area contributed by atoms with Crippen molar-refractivity contribution in [1.82, 2.24) is 10.2 Å². The summed E-state index contributed by atoms with van der Waals surface area (Å²) in [5, 5.41) is 2.98. The van der Waals surface area contributed by atoms with Crippen LogP contribution >= 0.6 is 0 Å². The van der Waals surface area contributed by atoms with Crippen LogP contribution in [-0.4, -0.2) is 38.1 Å². The van der Waals surface area contributed by atoms with Crippen molar-refractivity contribution >= 4 is 5.91 Å². The van der Waals surface area contributed by atoms with Gasteiger partial charge in [-0.15, -0.1) is 0 Å². The Morgan fingerprint density at radius 1 is 1.06 bits per heavy atom. The number of ether oxygens (including phenoxy) is 2. The molecule has 2 aromatic carbocycles. The van der Waals surface area contributed by atoms with Crippen LogP contribution in [0.1, 0.15) is 35.4 Å². The lowest BCUT2D eigenvalue weighted by Gasteiger charge is -2.32. The lowest BCUT2D eigenvalue weighted by atomic mass is 9.88. The van der Waals surface area contributed by atoms with Gasteiger partial charge in [-0.2, -0.15) is 0 Å². The van der Waals surface area contributed by atoms with Crippen molar-refractivity contribution in [3.8, 4) is 11.5 Å². The van der Waals surface area contributed by atoms with Crippen molar-refractivity contribution in [2.45, 2.75) is 31.8 Å². The van der Waals surface area contributed by atoms with E-state index in [2.05, 4.69) is 58.1 Å². The minimum atomic E-state index is -0.124. The molecule has 0 spiro atoms. The number of likely N-dealkylation sites (tertiary alicyclic amines) is 1. The van der Waals surface area contributed by atoms with Gasteiger partial charge in [0.15, 0.2) is 11.5 Å². The number of rotatable bonds is 8. The summed E-state index contributed by atoms with van der Waals surface area (Å²) in [6.45, 7) is 3.53. The van der Waals surface area contributed by atoms with Gasteiger partial charge < -0.3 is 14.8 Å². The summed E-state index contributed by atoms with van der Waals surface area (Å²) in [5.74, 6) is 1.95. The molecule has 0 saturated carbocycles. The van der Waals surface area contributed by atoms with Crippen LogP contribution in [0.15, 0.2) is 77.7 Å². The number of carbonyl (C=O) groups excluding carboxylic acids is 1. The Labute approximate surface area is 195 Å². The van der Waals surface area contributed by atoms with E-state index in [1.54, 1.807) is 32.4 Å². The maximum Gasteiger partial charge on any atom is 0.260 e. The van der Waals surface area contributed by atoms with Gasteiger partial charge in [0.1, 0.15) is 0 Å². The number of allylic oxidation sites excluding steroid dienone is 2. The molecule has 4 rings (SSSR count). The molecule has 1 saturated heterocycles. The Morgan fingerprint density at radius 3 is 2.61 bits per heavy atom. The van der Waals surface area contributed by atoms with E-state index in [-0.39, 0.29) is 5.91 Å². The molecule has 0 aromatic heterocycles. The third-order valence-electron chi connectivity index (χ3n) is 6.21. The number of carbonyl (C=O) groups is 1. The lowest BCUT2D eigenvalue weighted by molar-refractivity contribution is -0.117. The molecule has 1 aliphatic carbocycles. The molecule has 170 valence electrons. The van der Waals surface area contributed by atoms with Crippen LogP contribution in [0.3, 0.4) is 0 Å². The van der Waals surface area contributed by atoms with Crippen molar-refractivity contribution in [2.75, 3.05) is 27.3 Å². The average molecular weight is 443 g/mol. The summed E-state index contributed by atoms with van der Waals surface area (Å²) < 4.78 is 10.8. The van der Waals surface area contributed by atoms with Gasteiger partial charge in [-0.05, 0) is 72.8 Å². The zero-order valence-electron chi connectivity index (χ0n) is 19.3. The van der Waals surface area contributed by atoms with Gasteiger partial charge in [0.25, 0.3) is 5.91 Å². The highest BCUT2D eigenvalue weighted by molar-refractivity contribution is 5.96. The third kappa shape index (κ3) is 5.85. The number of amides is 1. The minimum absolute atomic E-state index is 0.124. The Kier molecular flexibility index (Phi) is 7.49. The van der Waals surface area contributed by atoms with Crippen molar-refractivity contribution < 1.29 is 14.3 Å². The molecule has 1 fully saturated rings. The normalized spacial score (nSPS) is 15.9. The van der Waals surface area contributed by atoms with Gasteiger partial charge in [0, 0.05) is 13.1 Å². The molecule has 0 unspecified atom stereocenters. The van der Waals surface area contributed by atoms with Crippen molar-refractivity contribution in [1.29, 1.82) is 0 Å². The number of nitrogens with one attached hydrogen (secondary N) is 1. The van der Waals surface area contributed by atoms with Crippen LogP contribution in [-0.2, 0) is 17.9 Å². The summed E-state index contributed by atoms with van der Waals surface area (Å²) in [5.41, 5.74) is 9.88. The van der Waals surface area contributed by atoms with Crippen molar-refractivity contribution in [3.05, 3.63) is 94.4 Å². The third-order valence-corrected chi connectivity index (χ3v) is 6.21. The van der Waals surface area contributed by atoms with Gasteiger partial charge in [0.05, 0.1) is 19.8 Å². The van der Waals surface area contributed by atoms with Gasteiger partial charge in [-0.25, -0.2) is 0 Å². The second-order valence-corrected chi connectivity index (χ2v) is 8.38. The van der Waals surface area contributed by atoms with Crippen molar-refractivity contribution in [2.24, 2.45) is 0 Å². The van der Waals surface area contributed by atoms with Gasteiger partial charge in [-0.3, -0.25) is 9.69 Å². The number of nitrogens with zero attached hydrogens (tertiary/aromatic N) is 1. The molecule has 1 amide bonds. The number of benzene rings is 2. The minimum Gasteiger partial charge on any atom is -0.493 e. The first-order valence-corrected chi connectivity index (χ1v) is 11.3. The molecule has 2 aliphatic rings. The zero-order chi connectivity index (χ0) is 23.0. The highest BCUT2D eigenvalue weighted by Gasteiger charge is 2.21. The van der Waals surface area contributed by atoms with E-state index in [4.69, 9.17) is 9.47 Å². The first-order chi connectivity index (χ1) is 16.2. The van der Waals surface area contributed by atoms with Crippen LogP contribution in [0.25, 0.3) is 0 Å². The topological polar surface area (TPSA) is 50.8 Å². The molecule has 0 atom stereocenters. The van der Waals surface area contributed by atoms with Crippen LogP contribution in [0, 0.1) is 0 Å². The van der Waals surface area contributed by atoms with E-state index in [9.17, 15) is 4.79 Å².